The molecule has 0 heterocycles. The zero-order valence-electron chi connectivity index (χ0n) is 12.2. The molecule has 2 aromatic carbocycles. The Hall–Kier alpha value is -1.81. The Balaban J connectivity index is 1.56. The molecule has 1 unspecified atom stereocenters. The Morgan fingerprint density at radius 1 is 1.14 bits per heavy atom. The van der Waals surface area contributed by atoms with Crippen molar-refractivity contribution in [1.82, 2.24) is 5.32 Å². The van der Waals surface area contributed by atoms with E-state index in [1.165, 1.54) is 18.4 Å². The molecule has 4 heteroatoms. The lowest BCUT2D eigenvalue weighted by Crippen LogP contribution is -2.33. The molecule has 3 rings (SSSR count). The van der Waals surface area contributed by atoms with E-state index in [-0.39, 0.29) is 18.6 Å². The third-order valence-electron chi connectivity index (χ3n) is 3.75. The summed E-state index contributed by atoms with van der Waals surface area (Å²) >= 11 is 3.37. The van der Waals surface area contributed by atoms with Crippen molar-refractivity contribution in [2.75, 3.05) is 6.61 Å². The van der Waals surface area contributed by atoms with Crippen LogP contribution in [0.5, 0.6) is 5.75 Å². The van der Waals surface area contributed by atoms with Crippen LogP contribution in [0.25, 0.3) is 0 Å². The van der Waals surface area contributed by atoms with Crippen LogP contribution in [0.3, 0.4) is 0 Å². The molecule has 0 aliphatic heterocycles. The van der Waals surface area contributed by atoms with Crippen molar-refractivity contribution in [1.29, 1.82) is 0 Å². The fourth-order valence-corrected chi connectivity index (χ4v) is 2.72. The summed E-state index contributed by atoms with van der Waals surface area (Å²) in [5.41, 5.74) is 1.17. The number of hydrogen-bond acceptors (Lipinski definition) is 2. The van der Waals surface area contributed by atoms with Gasteiger partial charge in [-0.3, -0.25) is 4.79 Å². The van der Waals surface area contributed by atoms with Crippen molar-refractivity contribution in [2.45, 2.75) is 18.9 Å². The van der Waals surface area contributed by atoms with Gasteiger partial charge in [-0.2, -0.15) is 0 Å². The van der Waals surface area contributed by atoms with E-state index in [1.54, 1.807) is 0 Å². The lowest BCUT2D eigenvalue weighted by Gasteiger charge is -2.19. The molecule has 22 heavy (non-hydrogen) atoms. The zero-order valence-corrected chi connectivity index (χ0v) is 13.8. The maximum Gasteiger partial charge on any atom is 0.258 e. The number of rotatable bonds is 6. The number of halogens is 1. The molecule has 1 saturated carbocycles. The first-order chi connectivity index (χ1) is 10.7. The summed E-state index contributed by atoms with van der Waals surface area (Å²) in [6, 6.07) is 17.7. The quantitative estimate of drug-likeness (QED) is 0.843. The summed E-state index contributed by atoms with van der Waals surface area (Å²) in [5.74, 6) is 1.17. The second-order valence-corrected chi connectivity index (χ2v) is 6.45. The lowest BCUT2D eigenvalue weighted by molar-refractivity contribution is -0.124. The normalized spacial score (nSPS) is 15.1. The number of carbonyl (C=O) groups excluding carboxylic acids is 1. The van der Waals surface area contributed by atoms with Crippen LogP contribution in [0.1, 0.15) is 24.4 Å². The first-order valence-corrected chi connectivity index (χ1v) is 8.24. The molecule has 1 aliphatic carbocycles. The van der Waals surface area contributed by atoms with Gasteiger partial charge in [0.05, 0.1) is 6.04 Å². The second-order valence-electron chi connectivity index (χ2n) is 5.54. The molecule has 114 valence electrons. The van der Waals surface area contributed by atoms with Gasteiger partial charge in [-0.05, 0) is 48.6 Å². The van der Waals surface area contributed by atoms with Crippen LogP contribution in [0.4, 0.5) is 0 Å². The Bertz CT molecular complexity index is 623. The first kappa shape index (κ1) is 15.1. The molecular formula is C18H18BrNO2. The monoisotopic (exact) mass is 359 g/mol. The van der Waals surface area contributed by atoms with E-state index >= 15 is 0 Å². The first-order valence-electron chi connectivity index (χ1n) is 7.45. The highest BCUT2D eigenvalue weighted by molar-refractivity contribution is 9.10. The molecule has 0 aromatic heterocycles. The minimum absolute atomic E-state index is 0.0394. The summed E-state index contributed by atoms with van der Waals surface area (Å²) in [6.07, 6.45) is 2.35. The largest absolute Gasteiger partial charge is 0.484 e. The van der Waals surface area contributed by atoms with Crippen LogP contribution in [-0.4, -0.2) is 12.5 Å². The number of ether oxygens (including phenoxy) is 1. The van der Waals surface area contributed by atoms with Gasteiger partial charge in [-0.25, -0.2) is 0 Å². The summed E-state index contributed by atoms with van der Waals surface area (Å²) < 4.78 is 6.51. The molecule has 0 bridgehead atoms. The van der Waals surface area contributed by atoms with E-state index in [2.05, 4.69) is 33.4 Å². The fraction of sp³-hybridized carbons (Fsp3) is 0.278. The molecule has 3 nitrogen and oxygen atoms in total. The van der Waals surface area contributed by atoms with Gasteiger partial charge in [0.15, 0.2) is 6.61 Å². The molecule has 1 amide bonds. The van der Waals surface area contributed by atoms with Crippen molar-refractivity contribution in [3.8, 4) is 5.75 Å². The molecule has 0 radical (unpaired) electrons. The van der Waals surface area contributed by atoms with Gasteiger partial charge in [-0.1, -0.05) is 46.3 Å². The predicted molar refractivity (Wildman–Crippen MR) is 89.7 cm³/mol. The van der Waals surface area contributed by atoms with Crippen molar-refractivity contribution in [3.05, 3.63) is 64.6 Å². The van der Waals surface area contributed by atoms with Crippen LogP contribution in [0, 0.1) is 5.92 Å². The van der Waals surface area contributed by atoms with E-state index in [0.717, 1.165) is 4.47 Å². The Morgan fingerprint density at radius 2 is 1.82 bits per heavy atom. The highest BCUT2D eigenvalue weighted by Crippen LogP contribution is 2.40. The van der Waals surface area contributed by atoms with Crippen LogP contribution >= 0.6 is 15.9 Å². The van der Waals surface area contributed by atoms with Crippen molar-refractivity contribution < 1.29 is 9.53 Å². The maximum atomic E-state index is 12.2. The molecule has 0 saturated heterocycles. The SMILES string of the molecule is O=C(COc1ccc(Br)cc1)NC(c1ccccc1)C1CC1. The minimum atomic E-state index is -0.0799. The van der Waals surface area contributed by atoms with Crippen LogP contribution < -0.4 is 10.1 Å². The van der Waals surface area contributed by atoms with Crippen molar-refractivity contribution in [2.24, 2.45) is 5.92 Å². The topological polar surface area (TPSA) is 38.3 Å². The predicted octanol–water partition coefficient (Wildman–Crippen LogP) is 4.10. The Kier molecular flexibility index (Phi) is 4.78. The van der Waals surface area contributed by atoms with E-state index in [1.807, 2.05) is 42.5 Å². The van der Waals surface area contributed by atoms with E-state index in [0.29, 0.717) is 11.7 Å². The molecule has 0 spiro atoms. The van der Waals surface area contributed by atoms with Crippen molar-refractivity contribution >= 4 is 21.8 Å². The number of nitrogens with one attached hydrogen (secondary N) is 1. The van der Waals surface area contributed by atoms with Crippen LogP contribution in [0.15, 0.2) is 59.1 Å². The summed E-state index contributed by atoms with van der Waals surface area (Å²) in [5, 5.41) is 3.10. The van der Waals surface area contributed by atoms with Gasteiger partial charge in [0.2, 0.25) is 0 Å². The second kappa shape index (κ2) is 6.97. The van der Waals surface area contributed by atoms with Gasteiger partial charge in [0.25, 0.3) is 5.91 Å². The molecule has 1 N–H and O–H groups in total. The number of hydrogen-bond donors (Lipinski definition) is 1. The summed E-state index contributed by atoms with van der Waals surface area (Å²) in [4.78, 5) is 12.2. The smallest absolute Gasteiger partial charge is 0.258 e. The molecular weight excluding hydrogens is 342 g/mol. The summed E-state index contributed by atoms with van der Waals surface area (Å²) in [6.45, 7) is 0.0394. The van der Waals surface area contributed by atoms with Gasteiger partial charge in [-0.15, -0.1) is 0 Å². The third-order valence-corrected chi connectivity index (χ3v) is 4.28. The third kappa shape index (κ3) is 4.10. The minimum Gasteiger partial charge on any atom is -0.484 e. The lowest BCUT2D eigenvalue weighted by atomic mass is 10.0. The number of benzene rings is 2. The fourth-order valence-electron chi connectivity index (χ4n) is 2.46. The standard InChI is InChI=1S/C18H18BrNO2/c19-15-8-10-16(11-9-15)22-12-17(21)20-18(14-6-7-14)13-4-2-1-3-5-13/h1-5,8-11,14,18H,6-7,12H2,(H,20,21). The van der Waals surface area contributed by atoms with Crippen LogP contribution in [-0.2, 0) is 4.79 Å². The van der Waals surface area contributed by atoms with Gasteiger partial charge in [0, 0.05) is 4.47 Å². The zero-order chi connectivity index (χ0) is 15.4. The molecule has 2 aromatic rings. The van der Waals surface area contributed by atoms with E-state index in [4.69, 9.17) is 4.74 Å². The average molecular weight is 360 g/mol. The molecule has 1 atom stereocenters. The summed E-state index contributed by atoms with van der Waals surface area (Å²) in [7, 11) is 0. The van der Waals surface area contributed by atoms with Gasteiger partial charge >= 0.3 is 0 Å². The molecule has 1 fully saturated rings. The number of carbonyl (C=O) groups is 1. The van der Waals surface area contributed by atoms with E-state index < -0.39 is 0 Å². The van der Waals surface area contributed by atoms with Crippen LogP contribution in [0.2, 0.25) is 0 Å². The Morgan fingerprint density at radius 3 is 2.45 bits per heavy atom. The average Bonchev–Trinajstić information content (AvgIpc) is 3.38. The highest BCUT2D eigenvalue weighted by atomic mass is 79.9. The van der Waals surface area contributed by atoms with Gasteiger partial charge < -0.3 is 10.1 Å². The highest BCUT2D eigenvalue weighted by Gasteiger charge is 2.33. The number of amides is 1. The van der Waals surface area contributed by atoms with Crippen molar-refractivity contribution in [3.63, 3.8) is 0 Å². The Labute approximate surface area is 138 Å². The van der Waals surface area contributed by atoms with Gasteiger partial charge in [0.1, 0.15) is 5.75 Å². The molecule has 1 aliphatic rings. The van der Waals surface area contributed by atoms with E-state index in [9.17, 15) is 4.79 Å². The maximum absolute atomic E-state index is 12.2.